The van der Waals surface area contributed by atoms with Crippen molar-refractivity contribution in [2.75, 3.05) is 19.8 Å². The van der Waals surface area contributed by atoms with Gasteiger partial charge >= 0.3 is 11.9 Å². The van der Waals surface area contributed by atoms with Crippen LogP contribution in [-0.4, -0.2) is 48.9 Å². The second-order valence-electron chi connectivity index (χ2n) is 9.29. The summed E-state index contributed by atoms with van der Waals surface area (Å²) in [5.74, 6) is -0.0722. The summed E-state index contributed by atoms with van der Waals surface area (Å²) in [6.07, 6.45) is 5.04. The lowest BCUT2D eigenvalue weighted by Crippen LogP contribution is -2.39. The van der Waals surface area contributed by atoms with Crippen LogP contribution in [0.25, 0.3) is 0 Å². The molecule has 0 amide bonds. The van der Waals surface area contributed by atoms with Crippen molar-refractivity contribution in [2.45, 2.75) is 98.6 Å². The van der Waals surface area contributed by atoms with Crippen LogP contribution in [0.4, 0.5) is 0 Å². The first kappa shape index (κ1) is 25.9. The van der Waals surface area contributed by atoms with Crippen molar-refractivity contribution >= 4 is 11.9 Å². The molecule has 2 N–H and O–H groups in total. The summed E-state index contributed by atoms with van der Waals surface area (Å²) >= 11 is 0. The van der Waals surface area contributed by atoms with E-state index in [-0.39, 0.29) is 40.8 Å². The summed E-state index contributed by atoms with van der Waals surface area (Å²) in [6, 6.07) is -0.340. The zero-order chi connectivity index (χ0) is 22.1. The summed E-state index contributed by atoms with van der Waals surface area (Å²) in [5.41, 5.74) is 0.299. The van der Waals surface area contributed by atoms with Gasteiger partial charge in [-0.2, -0.15) is 0 Å². The molecule has 0 aromatic carbocycles. The van der Waals surface area contributed by atoms with E-state index in [1.807, 2.05) is 13.8 Å². The maximum absolute atomic E-state index is 12.2. The maximum atomic E-state index is 12.2. The Morgan fingerprint density at radius 2 is 1.52 bits per heavy atom. The molecular weight excluding hydrogens is 370 g/mol. The second kappa shape index (κ2) is 11.9. The Morgan fingerprint density at radius 1 is 0.931 bits per heavy atom. The van der Waals surface area contributed by atoms with Gasteiger partial charge < -0.3 is 19.9 Å². The molecule has 0 saturated heterocycles. The van der Waals surface area contributed by atoms with Gasteiger partial charge in [0.25, 0.3) is 0 Å². The molecule has 1 fully saturated rings. The SMILES string of the molecule is CCOC(=O)CCCCCCC(NCCC(O)C1C(C)(C)C1(C)C)C(=O)OCC. The molecule has 1 saturated carbocycles. The highest BCUT2D eigenvalue weighted by atomic mass is 16.5. The zero-order valence-electron chi connectivity index (χ0n) is 19.4. The largest absolute Gasteiger partial charge is 0.466 e. The van der Waals surface area contributed by atoms with Crippen LogP contribution in [0.5, 0.6) is 0 Å². The molecule has 1 aliphatic rings. The summed E-state index contributed by atoms with van der Waals surface area (Å²) in [5, 5.41) is 13.9. The summed E-state index contributed by atoms with van der Waals surface area (Å²) < 4.78 is 10.1. The molecule has 1 aliphatic carbocycles. The van der Waals surface area contributed by atoms with E-state index in [1.165, 1.54) is 0 Å². The third-order valence-electron chi connectivity index (χ3n) is 6.85. The first-order chi connectivity index (χ1) is 13.6. The van der Waals surface area contributed by atoms with Gasteiger partial charge in [0.15, 0.2) is 0 Å². The number of hydrogen-bond acceptors (Lipinski definition) is 6. The lowest BCUT2D eigenvalue weighted by Gasteiger charge is -2.19. The Bertz CT molecular complexity index is 503. The number of ether oxygens (including phenoxy) is 2. The highest BCUT2D eigenvalue weighted by Gasteiger charge is 2.66. The topological polar surface area (TPSA) is 84.9 Å². The number of nitrogens with one attached hydrogen (secondary N) is 1. The molecule has 0 radical (unpaired) electrons. The van der Waals surface area contributed by atoms with Crippen LogP contribution in [0, 0.1) is 16.7 Å². The quantitative estimate of drug-likeness (QED) is 0.313. The molecule has 0 aromatic heterocycles. The average molecular weight is 414 g/mol. The van der Waals surface area contributed by atoms with E-state index in [9.17, 15) is 14.7 Å². The number of hydrogen-bond donors (Lipinski definition) is 2. The van der Waals surface area contributed by atoms with E-state index >= 15 is 0 Å². The Morgan fingerprint density at radius 3 is 2.07 bits per heavy atom. The van der Waals surface area contributed by atoms with E-state index in [4.69, 9.17) is 9.47 Å². The molecule has 0 bridgehead atoms. The Labute approximate surface area is 177 Å². The molecule has 170 valence electrons. The summed E-state index contributed by atoms with van der Waals surface area (Å²) in [4.78, 5) is 23.6. The first-order valence-electron chi connectivity index (χ1n) is 11.3. The van der Waals surface area contributed by atoms with Crippen LogP contribution in [0.3, 0.4) is 0 Å². The van der Waals surface area contributed by atoms with Crippen molar-refractivity contribution in [3.8, 4) is 0 Å². The highest BCUT2D eigenvalue weighted by Crippen LogP contribution is 2.69. The second-order valence-corrected chi connectivity index (χ2v) is 9.29. The minimum atomic E-state index is -0.363. The number of aliphatic hydroxyl groups excluding tert-OH is 1. The molecule has 0 heterocycles. The predicted molar refractivity (Wildman–Crippen MR) is 114 cm³/mol. The molecule has 6 heteroatoms. The van der Waals surface area contributed by atoms with Gasteiger partial charge in [0.1, 0.15) is 6.04 Å². The Kier molecular flexibility index (Phi) is 10.6. The normalized spacial score (nSPS) is 19.4. The average Bonchev–Trinajstić information content (AvgIpc) is 3.05. The maximum Gasteiger partial charge on any atom is 0.323 e. The van der Waals surface area contributed by atoms with E-state index in [2.05, 4.69) is 33.0 Å². The van der Waals surface area contributed by atoms with Crippen molar-refractivity contribution in [2.24, 2.45) is 16.7 Å². The van der Waals surface area contributed by atoms with Crippen LogP contribution < -0.4 is 5.32 Å². The lowest BCUT2D eigenvalue weighted by atomic mass is 10.0. The fourth-order valence-electron chi connectivity index (χ4n) is 4.53. The minimum Gasteiger partial charge on any atom is -0.466 e. The van der Waals surface area contributed by atoms with Gasteiger partial charge in [-0.1, -0.05) is 47.0 Å². The van der Waals surface area contributed by atoms with E-state index < -0.39 is 0 Å². The molecule has 29 heavy (non-hydrogen) atoms. The minimum absolute atomic E-state index is 0.140. The molecule has 0 aromatic rings. The van der Waals surface area contributed by atoms with Crippen molar-refractivity contribution in [1.29, 1.82) is 0 Å². The molecule has 0 spiro atoms. The molecule has 1 rings (SSSR count). The monoisotopic (exact) mass is 413 g/mol. The third kappa shape index (κ3) is 7.56. The highest BCUT2D eigenvalue weighted by molar-refractivity contribution is 5.75. The van der Waals surface area contributed by atoms with Gasteiger partial charge in [-0.05, 0) is 56.4 Å². The van der Waals surface area contributed by atoms with Crippen molar-refractivity contribution in [3.05, 3.63) is 0 Å². The van der Waals surface area contributed by atoms with Gasteiger partial charge in [0.05, 0.1) is 19.3 Å². The molecular formula is C23H43NO5. The van der Waals surface area contributed by atoms with Crippen LogP contribution in [0.15, 0.2) is 0 Å². The molecule has 2 unspecified atom stereocenters. The number of aliphatic hydroxyl groups is 1. The smallest absolute Gasteiger partial charge is 0.323 e. The van der Waals surface area contributed by atoms with Gasteiger partial charge in [-0.15, -0.1) is 0 Å². The molecule has 0 aliphatic heterocycles. The fraction of sp³-hybridized carbons (Fsp3) is 0.913. The Hall–Kier alpha value is -1.14. The van der Waals surface area contributed by atoms with E-state index in [1.54, 1.807) is 0 Å². The van der Waals surface area contributed by atoms with Crippen LogP contribution >= 0.6 is 0 Å². The number of carbonyl (C=O) groups excluding carboxylic acids is 2. The fourth-order valence-corrected chi connectivity index (χ4v) is 4.53. The predicted octanol–water partition coefficient (Wildman–Crippen LogP) is 3.84. The van der Waals surface area contributed by atoms with Crippen LogP contribution in [-0.2, 0) is 19.1 Å². The van der Waals surface area contributed by atoms with E-state index in [0.29, 0.717) is 39.0 Å². The number of unbranched alkanes of at least 4 members (excludes halogenated alkanes) is 3. The number of esters is 2. The van der Waals surface area contributed by atoms with Gasteiger partial charge in [-0.3, -0.25) is 9.59 Å². The van der Waals surface area contributed by atoms with Crippen molar-refractivity contribution in [1.82, 2.24) is 5.32 Å². The summed E-state index contributed by atoms with van der Waals surface area (Å²) in [6.45, 7) is 13.8. The first-order valence-corrected chi connectivity index (χ1v) is 11.3. The third-order valence-corrected chi connectivity index (χ3v) is 6.85. The van der Waals surface area contributed by atoms with Gasteiger partial charge in [0.2, 0.25) is 0 Å². The van der Waals surface area contributed by atoms with Crippen molar-refractivity contribution < 1.29 is 24.2 Å². The van der Waals surface area contributed by atoms with Crippen molar-refractivity contribution in [3.63, 3.8) is 0 Å². The van der Waals surface area contributed by atoms with Gasteiger partial charge in [0, 0.05) is 6.42 Å². The summed E-state index contributed by atoms with van der Waals surface area (Å²) in [7, 11) is 0. The number of carbonyl (C=O) groups is 2. The molecule has 2 atom stereocenters. The molecule has 6 nitrogen and oxygen atoms in total. The standard InChI is InChI=1S/C23H43NO5/c1-7-28-19(26)14-12-10-9-11-13-17(21(27)29-8-2)24-16-15-18(25)20-22(3,4)23(20,5)6/h17-18,20,24-25H,7-16H2,1-6H3. The zero-order valence-corrected chi connectivity index (χ0v) is 19.4. The van der Waals surface area contributed by atoms with Crippen LogP contribution in [0.1, 0.15) is 86.5 Å². The van der Waals surface area contributed by atoms with Crippen LogP contribution in [0.2, 0.25) is 0 Å². The Balaban J connectivity index is 2.32. The number of rotatable bonds is 15. The van der Waals surface area contributed by atoms with Gasteiger partial charge in [-0.25, -0.2) is 0 Å². The lowest BCUT2D eigenvalue weighted by molar-refractivity contribution is -0.146. The van der Waals surface area contributed by atoms with E-state index in [0.717, 1.165) is 25.7 Å².